The summed E-state index contributed by atoms with van der Waals surface area (Å²) in [5, 5.41) is 5.49. The van der Waals surface area contributed by atoms with Crippen LogP contribution in [0.15, 0.2) is 27.5 Å². The lowest BCUT2D eigenvalue weighted by Crippen LogP contribution is -2.10. The van der Waals surface area contributed by atoms with Crippen molar-refractivity contribution in [2.45, 2.75) is 19.3 Å². The van der Waals surface area contributed by atoms with Crippen LogP contribution in [0.1, 0.15) is 17.7 Å². The van der Waals surface area contributed by atoms with Crippen LogP contribution in [-0.2, 0) is 11.2 Å². The molecule has 90 valence electrons. The molecular formula is C11H11BrN2OS2. The summed E-state index contributed by atoms with van der Waals surface area (Å²) in [5.74, 6) is 0.0309. The first-order chi connectivity index (χ1) is 8.24. The molecule has 1 N–H and O–H groups in total. The first-order valence-electron chi connectivity index (χ1n) is 5.17. The highest BCUT2D eigenvalue weighted by Crippen LogP contribution is 2.23. The minimum absolute atomic E-state index is 0.0309. The van der Waals surface area contributed by atoms with E-state index in [-0.39, 0.29) is 5.91 Å². The lowest BCUT2D eigenvalue weighted by Gasteiger charge is -2.00. The van der Waals surface area contributed by atoms with E-state index in [4.69, 9.17) is 0 Å². The minimum atomic E-state index is 0.0309. The van der Waals surface area contributed by atoms with Crippen molar-refractivity contribution in [3.8, 4) is 0 Å². The monoisotopic (exact) mass is 330 g/mol. The predicted molar refractivity (Wildman–Crippen MR) is 75.7 cm³/mol. The summed E-state index contributed by atoms with van der Waals surface area (Å²) in [6, 6.07) is 4.13. The third-order valence-electron chi connectivity index (χ3n) is 2.13. The number of halogens is 1. The number of aromatic nitrogens is 1. The summed E-state index contributed by atoms with van der Waals surface area (Å²) < 4.78 is 0.923. The van der Waals surface area contributed by atoms with E-state index < -0.39 is 0 Å². The molecule has 0 spiro atoms. The molecule has 0 radical (unpaired) electrons. The van der Waals surface area contributed by atoms with Crippen LogP contribution < -0.4 is 5.32 Å². The van der Waals surface area contributed by atoms with Gasteiger partial charge in [-0.2, -0.15) is 0 Å². The molecule has 2 rings (SSSR count). The number of hydrogen-bond acceptors (Lipinski definition) is 4. The largest absolute Gasteiger partial charge is 0.302 e. The maximum absolute atomic E-state index is 11.6. The lowest BCUT2D eigenvalue weighted by molar-refractivity contribution is -0.116. The summed E-state index contributed by atoms with van der Waals surface area (Å²) in [5.41, 5.74) is 0. The van der Waals surface area contributed by atoms with Gasteiger partial charge in [-0.1, -0.05) is 17.4 Å². The number of carbonyl (C=O) groups excluding carboxylic acids is 1. The Kier molecular flexibility index (Phi) is 4.70. The van der Waals surface area contributed by atoms with Crippen molar-refractivity contribution in [2.75, 3.05) is 5.32 Å². The highest BCUT2D eigenvalue weighted by Gasteiger charge is 2.05. The molecule has 0 fully saturated rings. The molecule has 1 amide bonds. The average Bonchev–Trinajstić information content (AvgIpc) is 2.90. The highest BCUT2D eigenvalue weighted by atomic mass is 79.9. The standard InChI is InChI=1S/C11H11BrN2OS2/c12-9-7-13-11(17-9)14-10(15)5-1-3-8-4-2-6-16-8/h2,4,6-7H,1,3,5H2,(H,13,14,15). The number of hydrogen-bond donors (Lipinski definition) is 1. The molecule has 17 heavy (non-hydrogen) atoms. The molecule has 3 nitrogen and oxygen atoms in total. The van der Waals surface area contributed by atoms with Crippen molar-refractivity contribution in [3.63, 3.8) is 0 Å². The summed E-state index contributed by atoms with van der Waals surface area (Å²) in [6.45, 7) is 0. The Morgan fingerprint density at radius 2 is 2.41 bits per heavy atom. The Morgan fingerprint density at radius 1 is 1.53 bits per heavy atom. The van der Waals surface area contributed by atoms with E-state index in [1.807, 2.05) is 6.07 Å². The van der Waals surface area contributed by atoms with Gasteiger partial charge in [-0.05, 0) is 40.2 Å². The van der Waals surface area contributed by atoms with E-state index in [0.29, 0.717) is 11.6 Å². The van der Waals surface area contributed by atoms with Gasteiger partial charge >= 0.3 is 0 Å². The summed E-state index contributed by atoms with van der Waals surface area (Å²) in [7, 11) is 0. The number of thiazole rings is 1. The maximum atomic E-state index is 11.6. The zero-order valence-electron chi connectivity index (χ0n) is 8.98. The van der Waals surface area contributed by atoms with Gasteiger partial charge in [0.05, 0.1) is 9.98 Å². The quantitative estimate of drug-likeness (QED) is 0.902. The van der Waals surface area contributed by atoms with Crippen molar-refractivity contribution < 1.29 is 4.79 Å². The lowest BCUT2D eigenvalue weighted by atomic mass is 10.2. The van der Waals surface area contributed by atoms with Gasteiger partial charge in [-0.3, -0.25) is 4.79 Å². The molecule has 2 heterocycles. The molecule has 6 heteroatoms. The second kappa shape index (κ2) is 6.28. The zero-order chi connectivity index (χ0) is 12.1. The molecular weight excluding hydrogens is 320 g/mol. The van der Waals surface area contributed by atoms with Crippen LogP contribution in [0.4, 0.5) is 5.13 Å². The van der Waals surface area contributed by atoms with Crippen LogP contribution in [0.2, 0.25) is 0 Å². The van der Waals surface area contributed by atoms with Crippen LogP contribution in [0.3, 0.4) is 0 Å². The highest BCUT2D eigenvalue weighted by molar-refractivity contribution is 9.11. The van der Waals surface area contributed by atoms with Gasteiger partial charge in [0.15, 0.2) is 5.13 Å². The van der Waals surface area contributed by atoms with Crippen molar-refractivity contribution in [1.29, 1.82) is 0 Å². The Bertz CT molecular complexity index is 481. The fourth-order valence-electron chi connectivity index (χ4n) is 1.37. The normalized spacial score (nSPS) is 10.4. The van der Waals surface area contributed by atoms with E-state index in [0.717, 1.165) is 16.6 Å². The molecule has 2 aromatic heterocycles. The van der Waals surface area contributed by atoms with Gasteiger partial charge in [0.1, 0.15) is 0 Å². The van der Waals surface area contributed by atoms with E-state index in [1.54, 1.807) is 17.5 Å². The summed E-state index contributed by atoms with van der Waals surface area (Å²) in [6.07, 6.45) is 4.06. The zero-order valence-corrected chi connectivity index (χ0v) is 12.2. The molecule has 0 aliphatic rings. The first kappa shape index (κ1) is 12.7. The Labute approximate surface area is 116 Å². The van der Waals surface area contributed by atoms with E-state index in [1.165, 1.54) is 16.2 Å². The fraction of sp³-hybridized carbons (Fsp3) is 0.273. The molecule has 0 atom stereocenters. The Hall–Kier alpha value is -0.720. The number of anilines is 1. The van der Waals surface area contributed by atoms with Crippen LogP contribution in [0, 0.1) is 0 Å². The summed E-state index contributed by atoms with van der Waals surface area (Å²) >= 11 is 6.46. The molecule has 0 aliphatic carbocycles. The minimum Gasteiger partial charge on any atom is -0.302 e. The average molecular weight is 331 g/mol. The number of nitrogens with zero attached hydrogens (tertiary/aromatic N) is 1. The smallest absolute Gasteiger partial charge is 0.226 e. The second-order valence-corrected chi connectivity index (χ2v) is 6.89. The Balaban J connectivity index is 1.71. The molecule has 0 saturated heterocycles. The number of thiophene rings is 1. The molecule has 0 aliphatic heterocycles. The van der Waals surface area contributed by atoms with Crippen LogP contribution in [-0.4, -0.2) is 10.9 Å². The van der Waals surface area contributed by atoms with Crippen LogP contribution in [0.5, 0.6) is 0 Å². The van der Waals surface area contributed by atoms with Gasteiger partial charge in [0.25, 0.3) is 0 Å². The maximum Gasteiger partial charge on any atom is 0.226 e. The molecule has 0 unspecified atom stereocenters. The van der Waals surface area contributed by atoms with E-state index in [9.17, 15) is 4.79 Å². The van der Waals surface area contributed by atoms with Crippen molar-refractivity contribution >= 4 is 49.6 Å². The second-order valence-electron chi connectivity index (χ2n) is 3.45. The third-order valence-corrected chi connectivity index (χ3v) is 4.46. The molecule has 0 saturated carbocycles. The van der Waals surface area contributed by atoms with Gasteiger partial charge in [-0.15, -0.1) is 11.3 Å². The number of amides is 1. The van der Waals surface area contributed by atoms with Crippen molar-refractivity contribution in [3.05, 3.63) is 32.4 Å². The molecule has 0 aromatic carbocycles. The number of carbonyl (C=O) groups is 1. The van der Waals surface area contributed by atoms with Gasteiger partial charge in [0, 0.05) is 11.3 Å². The van der Waals surface area contributed by atoms with E-state index >= 15 is 0 Å². The SMILES string of the molecule is O=C(CCCc1cccs1)Nc1ncc(Br)s1. The van der Waals surface area contributed by atoms with Crippen LogP contribution >= 0.6 is 38.6 Å². The fourth-order valence-corrected chi connectivity index (χ4v) is 3.25. The first-order valence-corrected chi connectivity index (χ1v) is 7.66. The number of rotatable bonds is 5. The third kappa shape index (κ3) is 4.22. The summed E-state index contributed by atoms with van der Waals surface area (Å²) in [4.78, 5) is 17.0. The van der Waals surface area contributed by atoms with Crippen molar-refractivity contribution in [2.24, 2.45) is 0 Å². The molecule has 2 aromatic rings. The Morgan fingerprint density at radius 3 is 3.06 bits per heavy atom. The van der Waals surface area contributed by atoms with Gasteiger partial charge < -0.3 is 5.32 Å². The van der Waals surface area contributed by atoms with Gasteiger partial charge in [-0.25, -0.2) is 4.98 Å². The van der Waals surface area contributed by atoms with Gasteiger partial charge in [0.2, 0.25) is 5.91 Å². The van der Waals surface area contributed by atoms with E-state index in [2.05, 4.69) is 37.7 Å². The predicted octanol–water partition coefficient (Wildman–Crippen LogP) is 3.93. The number of aryl methyl sites for hydroxylation is 1. The topological polar surface area (TPSA) is 42.0 Å². The number of nitrogens with one attached hydrogen (secondary N) is 1. The van der Waals surface area contributed by atoms with Crippen molar-refractivity contribution in [1.82, 2.24) is 4.98 Å². The van der Waals surface area contributed by atoms with Crippen LogP contribution in [0.25, 0.3) is 0 Å². The molecule has 0 bridgehead atoms.